The van der Waals surface area contributed by atoms with E-state index >= 15 is 0 Å². The highest BCUT2D eigenvalue weighted by molar-refractivity contribution is 5.92. The molecule has 0 saturated heterocycles. The van der Waals surface area contributed by atoms with E-state index in [0.717, 1.165) is 38.5 Å². The Hall–Kier alpha value is -1.65. The Morgan fingerprint density at radius 3 is 2.48 bits per heavy atom. The van der Waals surface area contributed by atoms with Crippen LogP contribution in [0.15, 0.2) is 11.6 Å². The average molecular weight is 374 g/mol. The Bertz CT molecular complexity index is 695. The van der Waals surface area contributed by atoms with Crippen LogP contribution in [0.1, 0.15) is 65.7 Å². The monoisotopic (exact) mass is 374 g/mol. The van der Waals surface area contributed by atoms with Gasteiger partial charge in [-0.05, 0) is 62.4 Å². The summed E-state index contributed by atoms with van der Waals surface area (Å²) in [5.41, 5.74) is 1.24. The number of carbonyl (C=O) groups is 3. The van der Waals surface area contributed by atoms with E-state index in [9.17, 15) is 14.4 Å². The van der Waals surface area contributed by atoms with Gasteiger partial charge in [0.15, 0.2) is 5.78 Å². The van der Waals surface area contributed by atoms with E-state index in [1.54, 1.807) is 0 Å². The molecule has 0 heterocycles. The number of esters is 2. The maximum atomic E-state index is 12.1. The minimum absolute atomic E-state index is 0.0232. The molecule has 0 N–H and O–H groups in total. The summed E-state index contributed by atoms with van der Waals surface area (Å²) >= 11 is 0. The molecule has 0 aromatic heterocycles. The summed E-state index contributed by atoms with van der Waals surface area (Å²) < 4.78 is 11.3. The van der Waals surface area contributed by atoms with Crippen molar-refractivity contribution in [3.63, 3.8) is 0 Å². The second-order valence-corrected chi connectivity index (χ2v) is 9.26. The van der Waals surface area contributed by atoms with Crippen LogP contribution in [-0.4, -0.2) is 29.9 Å². The molecule has 148 valence electrons. The largest absolute Gasteiger partial charge is 0.462 e. The quantitative estimate of drug-likeness (QED) is 0.691. The molecule has 3 fully saturated rings. The molecule has 0 spiro atoms. The molecular formula is C22H30O5. The minimum Gasteiger partial charge on any atom is -0.462 e. The van der Waals surface area contributed by atoms with Gasteiger partial charge in [0.05, 0.1) is 0 Å². The van der Waals surface area contributed by atoms with E-state index in [-0.39, 0.29) is 41.3 Å². The van der Waals surface area contributed by atoms with Gasteiger partial charge in [0.2, 0.25) is 0 Å². The van der Waals surface area contributed by atoms with E-state index in [4.69, 9.17) is 9.47 Å². The number of hydrogen-bond acceptors (Lipinski definition) is 5. The number of ketones is 1. The second kappa shape index (κ2) is 6.75. The van der Waals surface area contributed by atoms with Crippen LogP contribution in [0.3, 0.4) is 0 Å². The van der Waals surface area contributed by atoms with Gasteiger partial charge in [-0.3, -0.25) is 14.4 Å². The minimum atomic E-state index is -0.308. The van der Waals surface area contributed by atoms with E-state index in [1.807, 2.05) is 6.08 Å². The van der Waals surface area contributed by atoms with Crippen molar-refractivity contribution < 1.29 is 23.9 Å². The number of fused-ring (bicyclic) bond motifs is 5. The highest BCUT2D eigenvalue weighted by Crippen LogP contribution is 2.62. The van der Waals surface area contributed by atoms with Crippen LogP contribution < -0.4 is 0 Å². The summed E-state index contributed by atoms with van der Waals surface area (Å²) in [7, 11) is 0. The Morgan fingerprint density at radius 1 is 1.04 bits per heavy atom. The van der Waals surface area contributed by atoms with Crippen LogP contribution in [0.2, 0.25) is 0 Å². The molecule has 0 aromatic rings. The maximum absolute atomic E-state index is 12.1. The van der Waals surface area contributed by atoms with Gasteiger partial charge in [0.25, 0.3) is 0 Å². The zero-order chi connectivity index (χ0) is 19.3. The maximum Gasteiger partial charge on any atom is 0.302 e. The first-order chi connectivity index (χ1) is 12.8. The molecule has 0 bridgehead atoms. The fourth-order valence-electron chi connectivity index (χ4n) is 6.90. The van der Waals surface area contributed by atoms with Gasteiger partial charge in [0.1, 0.15) is 12.2 Å². The van der Waals surface area contributed by atoms with Crippen molar-refractivity contribution in [1.82, 2.24) is 0 Å². The molecule has 0 aromatic carbocycles. The summed E-state index contributed by atoms with van der Waals surface area (Å²) in [5, 5.41) is 0. The molecule has 5 heteroatoms. The molecule has 0 unspecified atom stereocenters. The highest BCUT2D eigenvalue weighted by atomic mass is 16.5. The van der Waals surface area contributed by atoms with Crippen molar-refractivity contribution in [3.8, 4) is 0 Å². The third-order valence-electron chi connectivity index (χ3n) is 7.84. The Kier molecular flexibility index (Phi) is 4.68. The fraction of sp³-hybridized carbons (Fsp3) is 0.773. The summed E-state index contributed by atoms with van der Waals surface area (Å²) in [4.78, 5) is 35.3. The molecule has 0 radical (unpaired) electrons. The number of hydrogen-bond donors (Lipinski definition) is 0. The van der Waals surface area contributed by atoms with Crippen molar-refractivity contribution in [2.45, 2.75) is 77.9 Å². The normalized spacial score (nSPS) is 43.1. The predicted molar refractivity (Wildman–Crippen MR) is 98.6 cm³/mol. The SMILES string of the molecule is CC(=O)O[C@H]1CC(=O)C=C2CC[C@@H]3[C@H](CC[C@]4(C)[C@@H](OC(C)=O)CC[C@@H]34)[C@H]21. The van der Waals surface area contributed by atoms with E-state index in [1.165, 1.54) is 19.4 Å². The lowest BCUT2D eigenvalue weighted by Gasteiger charge is -2.54. The zero-order valence-corrected chi connectivity index (χ0v) is 16.5. The van der Waals surface area contributed by atoms with Gasteiger partial charge in [-0.15, -0.1) is 0 Å². The van der Waals surface area contributed by atoms with Gasteiger partial charge in [-0.25, -0.2) is 0 Å². The number of carbonyl (C=O) groups excluding carboxylic acids is 3. The highest BCUT2D eigenvalue weighted by Gasteiger charge is 2.58. The molecule has 7 atom stereocenters. The molecule has 0 amide bonds. The van der Waals surface area contributed by atoms with Crippen molar-refractivity contribution in [2.24, 2.45) is 29.1 Å². The van der Waals surface area contributed by atoms with Gasteiger partial charge in [-0.1, -0.05) is 12.5 Å². The van der Waals surface area contributed by atoms with E-state index in [2.05, 4.69) is 6.92 Å². The first-order valence-corrected chi connectivity index (χ1v) is 10.4. The van der Waals surface area contributed by atoms with Gasteiger partial charge < -0.3 is 9.47 Å². The third-order valence-corrected chi connectivity index (χ3v) is 7.84. The van der Waals surface area contributed by atoms with Crippen LogP contribution in [0, 0.1) is 29.1 Å². The van der Waals surface area contributed by atoms with Crippen molar-refractivity contribution in [1.29, 1.82) is 0 Å². The van der Waals surface area contributed by atoms with Gasteiger partial charge in [-0.2, -0.15) is 0 Å². The van der Waals surface area contributed by atoms with Gasteiger partial charge in [0, 0.05) is 31.6 Å². The Labute approximate surface area is 160 Å². The molecule has 27 heavy (non-hydrogen) atoms. The summed E-state index contributed by atoms with van der Waals surface area (Å²) in [6, 6.07) is 0. The van der Waals surface area contributed by atoms with Crippen molar-refractivity contribution >= 4 is 17.7 Å². The van der Waals surface area contributed by atoms with E-state index < -0.39 is 0 Å². The summed E-state index contributed by atoms with van der Waals surface area (Å²) in [6.07, 6.45) is 7.97. The standard InChI is InChI=1S/C22H30O5/c1-12(23)26-19-11-15(25)10-14-4-5-16-17(21(14)19)8-9-22(3)18(16)6-7-20(22)27-13(2)24/h10,16-21H,4-9,11H2,1-3H3/t16-,17+,18+,19+,20+,21+,22+/m1/s1. The molecule has 0 aliphatic heterocycles. The molecule has 5 nitrogen and oxygen atoms in total. The van der Waals surface area contributed by atoms with Crippen LogP contribution in [-0.2, 0) is 23.9 Å². The smallest absolute Gasteiger partial charge is 0.302 e. The first kappa shape index (κ1) is 18.7. The lowest BCUT2D eigenvalue weighted by molar-refractivity contribution is -0.159. The molecule has 4 rings (SSSR count). The first-order valence-electron chi connectivity index (χ1n) is 10.4. The Balaban J connectivity index is 1.60. The Morgan fingerprint density at radius 2 is 1.78 bits per heavy atom. The molecule has 3 saturated carbocycles. The average Bonchev–Trinajstić information content (AvgIpc) is 2.89. The zero-order valence-electron chi connectivity index (χ0n) is 16.5. The lowest BCUT2D eigenvalue weighted by Crippen LogP contribution is -2.51. The van der Waals surface area contributed by atoms with Gasteiger partial charge >= 0.3 is 11.9 Å². The molecular weight excluding hydrogens is 344 g/mol. The molecule has 4 aliphatic rings. The fourth-order valence-corrected chi connectivity index (χ4v) is 6.90. The lowest BCUT2D eigenvalue weighted by atomic mass is 9.51. The number of ether oxygens (including phenoxy) is 2. The second-order valence-electron chi connectivity index (χ2n) is 9.26. The number of rotatable bonds is 2. The summed E-state index contributed by atoms with van der Waals surface area (Å²) in [6.45, 7) is 5.23. The predicted octanol–water partition coefficient (Wildman–Crippen LogP) is 3.60. The van der Waals surface area contributed by atoms with Crippen LogP contribution in [0.25, 0.3) is 0 Å². The van der Waals surface area contributed by atoms with E-state index in [0.29, 0.717) is 24.2 Å². The van der Waals surface area contributed by atoms with Crippen LogP contribution in [0.4, 0.5) is 0 Å². The van der Waals surface area contributed by atoms with Crippen molar-refractivity contribution in [3.05, 3.63) is 11.6 Å². The third kappa shape index (κ3) is 3.13. The van der Waals surface area contributed by atoms with Crippen molar-refractivity contribution in [2.75, 3.05) is 0 Å². The summed E-state index contributed by atoms with van der Waals surface area (Å²) in [5.74, 6) is 1.34. The van der Waals surface area contributed by atoms with Crippen LogP contribution >= 0.6 is 0 Å². The topological polar surface area (TPSA) is 69.7 Å². The van der Waals surface area contributed by atoms with Crippen LogP contribution in [0.5, 0.6) is 0 Å². The molecule has 4 aliphatic carbocycles.